The summed E-state index contributed by atoms with van der Waals surface area (Å²) < 4.78 is 44.0. The van der Waals surface area contributed by atoms with Crippen molar-refractivity contribution in [3.8, 4) is 0 Å². The summed E-state index contributed by atoms with van der Waals surface area (Å²) in [5.41, 5.74) is 5.21. The summed E-state index contributed by atoms with van der Waals surface area (Å²) in [6.45, 7) is 0. The molecule has 3 heterocycles. The van der Waals surface area contributed by atoms with Crippen LogP contribution in [0.4, 0.5) is 19.0 Å². The van der Waals surface area contributed by atoms with Gasteiger partial charge in [-0.3, -0.25) is 0 Å². The SMILES string of the molecule is CSc1cc(N)nc(SCCc2cc3c(C(F)(F)F)coc3c(Cl)n2)n1. The minimum atomic E-state index is -4.52. The number of thioether (sulfide) groups is 2. The van der Waals surface area contributed by atoms with E-state index >= 15 is 0 Å². The first-order chi connectivity index (χ1) is 12.3. The van der Waals surface area contributed by atoms with Crippen LogP contribution in [0.3, 0.4) is 0 Å². The third-order valence-electron chi connectivity index (χ3n) is 3.38. The van der Waals surface area contributed by atoms with E-state index in [9.17, 15) is 13.2 Å². The highest BCUT2D eigenvalue weighted by Gasteiger charge is 2.35. The van der Waals surface area contributed by atoms with Crippen LogP contribution in [0, 0.1) is 0 Å². The van der Waals surface area contributed by atoms with Crippen molar-refractivity contribution in [2.75, 3.05) is 17.7 Å². The second-order valence-corrected chi connectivity index (χ2v) is 7.39. The molecular weight excluding hydrogens is 409 g/mol. The van der Waals surface area contributed by atoms with Crippen LogP contribution in [-0.4, -0.2) is 27.0 Å². The summed E-state index contributed by atoms with van der Waals surface area (Å²) in [6.07, 6.45) is -1.61. The maximum atomic E-state index is 13.0. The number of nitrogen functional groups attached to an aromatic ring is 1. The summed E-state index contributed by atoms with van der Waals surface area (Å²) in [4.78, 5) is 12.5. The van der Waals surface area contributed by atoms with Crippen molar-refractivity contribution in [3.63, 3.8) is 0 Å². The molecule has 0 bridgehead atoms. The molecule has 0 aliphatic heterocycles. The highest BCUT2D eigenvalue weighted by molar-refractivity contribution is 7.99. The smallest absolute Gasteiger partial charge is 0.420 e. The Balaban J connectivity index is 1.78. The van der Waals surface area contributed by atoms with Crippen LogP contribution < -0.4 is 5.73 Å². The molecule has 0 saturated heterocycles. The van der Waals surface area contributed by atoms with Gasteiger partial charge in [0.1, 0.15) is 22.7 Å². The first-order valence-corrected chi connectivity index (χ1v) is 9.82. The summed E-state index contributed by atoms with van der Waals surface area (Å²) >= 11 is 8.74. The molecule has 0 amide bonds. The summed E-state index contributed by atoms with van der Waals surface area (Å²) in [7, 11) is 0. The van der Waals surface area contributed by atoms with Gasteiger partial charge in [0.25, 0.3) is 0 Å². The van der Waals surface area contributed by atoms with Gasteiger partial charge in [-0.2, -0.15) is 13.2 Å². The van der Waals surface area contributed by atoms with Crippen molar-refractivity contribution in [1.82, 2.24) is 15.0 Å². The minimum absolute atomic E-state index is 0.0702. The molecule has 3 aromatic rings. The zero-order valence-electron chi connectivity index (χ0n) is 13.3. The van der Waals surface area contributed by atoms with Crippen molar-refractivity contribution in [2.24, 2.45) is 0 Å². The molecule has 0 saturated carbocycles. The zero-order valence-corrected chi connectivity index (χ0v) is 15.7. The lowest BCUT2D eigenvalue weighted by Gasteiger charge is -2.06. The van der Waals surface area contributed by atoms with Crippen LogP contribution in [-0.2, 0) is 12.6 Å². The monoisotopic (exact) mass is 420 g/mol. The molecule has 0 aliphatic rings. The van der Waals surface area contributed by atoms with E-state index in [0.717, 1.165) is 5.03 Å². The van der Waals surface area contributed by atoms with Crippen LogP contribution in [0.25, 0.3) is 11.0 Å². The summed E-state index contributed by atoms with van der Waals surface area (Å²) in [5, 5.41) is 1.06. The lowest BCUT2D eigenvalue weighted by Crippen LogP contribution is -2.04. The average Bonchev–Trinajstić information content (AvgIpc) is 2.99. The molecular formula is C15H12ClF3N4OS2. The second kappa shape index (κ2) is 7.53. The fourth-order valence-corrected chi connectivity index (χ4v) is 3.79. The molecule has 0 aromatic carbocycles. The topological polar surface area (TPSA) is 77.8 Å². The number of halogens is 4. The Hall–Kier alpha value is -1.65. The number of fused-ring (bicyclic) bond motifs is 1. The zero-order chi connectivity index (χ0) is 18.9. The Morgan fingerprint density at radius 1 is 1.23 bits per heavy atom. The van der Waals surface area contributed by atoms with Crippen molar-refractivity contribution in [2.45, 2.75) is 22.8 Å². The molecule has 2 N–H and O–H groups in total. The van der Waals surface area contributed by atoms with Crippen LogP contribution in [0.15, 0.2) is 33.0 Å². The van der Waals surface area contributed by atoms with E-state index < -0.39 is 11.7 Å². The fraction of sp³-hybridized carbons (Fsp3) is 0.267. The van der Waals surface area contributed by atoms with Crippen molar-refractivity contribution in [3.05, 3.63) is 34.8 Å². The van der Waals surface area contributed by atoms with Crippen LogP contribution in [0.1, 0.15) is 11.3 Å². The number of aryl methyl sites for hydroxylation is 1. The van der Waals surface area contributed by atoms with Gasteiger partial charge in [-0.25, -0.2) is 15.0 Å². The largest absolute Gasteiger partial charge is 0.460 e. The van der Waals surface area contributed by atoms with Crippen LogP contribution in [0.5, 0.6) is 0 Å². The third kappa shape index (κ3) is 4.18. The number of alkyl halides is 3. The maximum Gasteiger partial charge on any atom is 0.420 e. The van der Waals surface area contributed by atoms with Gasteiger partial charge in [-0.1, -0.05) is 23.4 Å². The van der Waals surface area contributed by atoms with Gasteiger partial charge in [0.2, 0.25) is 0 Å². The normalized spacial score (nSPS) is 12.0. The molecule has 11 heteroatoms. The third-order valence-corrected chi connectivity index (χ3v) is 5.11. The number of hydrogen-bond donors (Lipinski definition) is 1. The quantitative estimate of drug-likeness (QED) is 0.271. The lowest BCUT2D eigenvalue weighted by atomic mass is 10.1. The number of nitrogens with zero attached hydrogens (tertiary/aromatic N) is 3. The van der Waals surface area contributed by atoms with Crippen LogP contribution in [0.2, 0.25) is 5.15 Å². The predicted octanol–water partition coefficient (Wildman–Crippen LogP) is 4.93. The van der Waals surface area contributed by atoms with Gasteiger partial charge < -0.3 is 10.2 Å². The molecule has 0 atom stereocenters. The van der Waals surface area contributed by atoms with E-state index in [1.165, 1.54) is 29.6 Å². The Labute approximate surface area is 159 Å². The van der Waals surface area contributed by atoms with Gasteiger partial charge in [-0.05, 0) is 18.7 Å². The molecule has 0 spiro atoms. The number of aromatic nitrogens is 3. The number of hydrogen-bond acceptors (Lipinski definition) is 7. The van der Waals surface area contributed by atoms with Crippen molar-refractivity contribution in [1.29, 1.82) is 0 Å². The van der Waals surface area contributed by atoms with E-state index in [-0.39, 0.29) is 16.1 Å². The molecule has 3 rings (SSSR count). The van der Waals surface area contributed by atoms with E-state index in [4.69, 9.17) is 21.8 Å². The maximum absolute atomic E-state index is 13.0. The number of nitrogens with two attached hydrogens (primary N) is 1. The Kier molecular flexibility index (Phi) is 5.54. The standard InChI is InChI=1S/C15H12ClF3N4OS2/c1-25-11-5-10(20)22-14(23-11)26-3-2-7-4-8-9(15(17,18)19)6-24-12(8)13(16)21-7/h4-6H,2-3H2,1H3,(H2,20,22,23). The molecule has 5 nitrogen and oxygen atoms in total. The van der Waals surface area contributed by atoms with Crippen LogP contribution >= 0.6 is 35.1 Å². The van der Waals surface area contributed by atoms with Gasteiger partial charge in [0.15, 0.2) is 15.9 Å². The summed E-state index contributed by atoms with van der Waals surface area (Å²) in [6, 6.07) is 3.02. The van der Waals surface area contributed by atoms with E-state index in [1.54, 1.807) is 6.07 Å². The number of pyridine rings is 1. The lowest BCUT2D eigenvalue weighted by molar-refractivity contribution is -0.136. The van der Waals surface area contributed by atoms with Gasteiger partial charge in [-0.15, -0.1) is 11.8 Å². The molecule has 0 radical (unpaired) electrons. The molecule has 0 fully saturated rings. The average molecular weight is 421 g/mol. The van der Waals surface area contributed by atoms with Gasteiger partial charge in [0.05, 0.1) is 0 Å². The first kappa shape index (κ1) is 19.1. The Bertz CT molecular complexity index is 949. The fourth-order valence-electron chi connectivity index (χ4n) is 2.23. The number of anilines is 1. The number of rotatable bonds is 5. The second-order valence-electron chi connectivity index (χ2n) is 5.14. The molecule has 138 valence electrons. The minimum Gasteiger partial charge on any atom is -0.460 e. The van der Waals surface area contributed by atoms with E-state index in [1.807, 2.05) is 6.26 Å². The molecule has 0 aliphatic carbocycles. The predicted molar refractivity (Wildman–Crippen MR) is 96.7 cm³/mol. The highest BCUT2D eigenvalue weighted by Crippen LogP contribution is 2.38. The van der Waals surface area contributed by atoms with Gasteiger partial charge in [0, 0.05) is 22.9 Å². The molecule has 3 aromatic heterocycles. The highest BCUT2D eigenvalue weighted by atomic mass is 35.5. The van der Waals surface area contributed by atoms with Crippen molar-refractivity contribution < 1.29 is 17.6 Å². The van der Waals surface area contributed by atoms with Gasteiger partial charge >= 0.3 is 6.18 Å². The Morgan fingerprint density at radius 2 is 2.00 bits per heavy atom. The number of furan rings is 1. The first-order valence-electron chi connectivity index (χ1n) is 7.23. The molecule has 26 heavy (non-hydrogen) atoms. The Morgan fingerprint density at radius 3 is 2.69 bits per heavy atom. The summed E-state index contributed by atoms with van der Waals surface area (Å²) in [5.74, 6) is 0.869. The van der Waals surface area contributed by atoms with E-state index in [0.29, 0.717) is 35.1 Å². The van der Waals surface area contributed by atoms with E-state index in [2.05, 4.69) is 15.0 Å². The molecule has 0 unspecified atom stereocenters. The van der Waals surface area contributed by atoms with Crippen molar-refractivity contribution >= 4 is 51.9 Å².